The molecule has 2 N–H and O–H groups in total. The maximum absolute atomic E-state index is 10.6. The topological polar surface area (TPSA) is 57.6 Å². The Kier molecular flexibility index (Phi) is 6.04. The van der Waals surface area contributed by atoms with E-state index in [9.17, 15) is 5.11 Å². The van der Waals surface area contributed by atoms with Crippen LogP contribution >= 0.6 is 11.3 Å². The molecule has 5 nitrogen and oxygen atoms in total. The van der Waals surface area contributed by atoms with Crippen LogP contribution in [0.4, 0.5) is 0 Å². The number of thiazole rings is 1. The van der Waals surface area contributed by atoms with E-state index in [1.54, 1.807) is 0 Å². The number of rotatable bonds is 7. The van der Waals surface area contributed by atoms with Crippen molar-refractivity contribution in [3.05, 3.63) is 16.1 Å². The standard InChI is InChI=1S/C17H29N3O2S/c1-17(21,13-20-6-8-22-9-7-20)12-18-10-15-11-19-16(23-15)14-4-2-3-5-14/h11,14,18,21H,2-10,12-13H2,1H3. The van der Waals surface area contributed by atoms with E-state index in [2.05, 4.69) is 15.2 Å². The van der Waals surface area contributed by atoms with E-state index < -0.39 is 5.60 Å². The Morgan fingerprint density at radius 1 is 1.39 bits per heavy atom. The van der Waals surface area contributed by atoms with Crippen LogP contribution in [0.1, 0.15) is 48.4 Å². The molecule has 0 radical (unpaired) electrons. The second-order valence-electron chi connectivity index (χ2n) is 7.14. The highest BCUT2D eigenvalue weighted by Crippen LogP contribution is 2.35. The zero-order valence-electron chi connectivity index (χ0n) is 14.1. The number of nitrogens with one attached hydrogen (secondary N) is 1. The summed E-state index contributed by atoms with van der Waals surface area (Å²) in [6.45, 7) is 7.37. The van der Waals surface area contributed by atoms with Crippen LogP contribution in [-0.2, 0) is 11.3 Å². The van der Waals surface area contributed by atoms with Crippen molar-refractivity contribution in [3.63, 3.8) is 0 Å². The van der Waals surface area contributed by atoms with Crippen molar-refractivity contribution in [2.24, 2.45) is 0 Å². The van der Waals surface area contributed by atoms with Gasteiger partial charge in [0.15, 0.2) is 0 Å². The summed E-state index contributed by atoms with van der Waals surface area (Å²) in [6.07, 6.45) is 7.30. The van der Waals surface area contributed by atoms with Gasteiger partial charge in [0.05, 0.1) is 23.8 Å². The van der Waals surface area contributed by atoms with Crippen LogP contribution in [0.5, 0.6) is 0 Å². The number of aliphatic hydroxyl groups is 1. The lowest BCUT2D eigenvalue weighted by molar-refractivity contribution is -0.0219. The molecule has 23 heavy (non-hydrogen) atoms. The average Bonchev–Trinajstić information content (AvgIpc) is 3.18. The number of nitrogens with zero attached hydrogens (tertiary/aromatic N) is 2. The van der Waals surface area contributed by atoms with Gasteiger partial charge in [0.1, 0.15) is 0 Å². The van der Waals surface area contributed by atoms with Gasteiger partial charge in [0.2, 0.25) is 0 Å². The van der Waals surface area contributed by atoms with E-state index >= 15 is 0 Å². The molecule has 1 atom stereocenters. The molecule has 1 saturated heterocycles. The minimum absolute atomic E-state index is 0.598. The molecule has 0 amide bonds. The van der Waals surface area contributed by atoms with Gasteiger partial charge >= 0.3 is 0 Å². The van der Waals surface area contributed by atoms with Gasteiger partial charge in [0, 0.05) is 49.7 Å². The molecule has 3 rings (SSSR count). The van der Waals surface area contributed by atoms with Crippen molar-refractivity contribution in [2.45, 2.75) is 50.7 Å². The van der Waals surface area contributed by atoms with Gasteiger partial charge in [0.25, 0.3) is 0 Å². The lowest BCUT2D eigenvalue weighted by Crippen LogP contribution is -2.50. The summed E-state index contributed by atoms with van der Waals surface area (Å²) in [5, 5.41) is 15.3. The molecule has 0 spiro atoms. The van der Waals surface area contributed by atoms with Gasteiger partial charge in [-0.3, -0.25) is 4.90 Å². The molecule has 0 aromatic carbocycles. The molecule has 2 heterocycles. The molecule has 1 aliphatic heterocycles. The van der Waals surface area contributed by atoms with Gasteiger partial charge in [-0.1, -0.05) is 12.8 Å². The fraction of sp³-hybridized carbons (Fsp3) is 0.824. The maximum Gasteiger partial charge on any atom is 0.0959 e. The summed E-state index contributed by atoms with van der Waals surface area (Å²) in [4.78, 5) is 8.15. The van der Waals surface area contributed by atoms with E-state index in [0.29, 0.717) is 19.0 Å². The molecule has 1 aromatic heterocycles. The monoisotopic (exact) mass is 339 g/mol. The van der Waals surface area contributed by atoms with Gasteiger partial charge in [-0.25, -0.2) is 4.98 Å². The summed E-state index contributed by atoms with van der Waals surface area (Å²) >= 11 is 1.83. The molecule has 2 fully saturated rings. The number of hydrogen-bond donors (Lipinski definition) is 2. The Morgan fingerprint density at radius 3 is 2.87 bits per heavy atom. The van der Waals surface area contributed by atoms with E-state index in [1.165, 1.54) is 35.6 Å². The van der Waals surface area contributed by atoms with Crippen LogP contribution in [0, 0.1) is 0 Å². The van der Waals surface area contributed by atoms with E-state index in [1.807, 2.05) is 24.5 Å². The van der Waals surface area contributed by atoms with Gasteiger partial charge in [-0.15, -0.1) is 11.3 Å². The van der Waals surface area contributed by atoms with E-state index in [4.69, 9.17) is 4.74 Å². The molecule has 130 valence electrons. The van der Waals surface area contributed by atoms with Crippen LogP contribution in [-0.4, -0.2) is 60.0 Å². The SMILES string of the molecule is CC(O)(CNCc1cnc(C2CCCC2)s1)CN1CCOCC1. The highest BCUT2D eigenvalue weighted by atomic mass is 32.1. The fourth-order valence-electron chi connectivity index (χ4n) is 3.52. The van der Waals surface area contributed by atoms with Crippen molar-refractivity contribution in [3.8, 4) is 0 Å². The number of aromatic nitrogens is 1. The van der Waals surface area contributed by atoms with Crippen LogP contribution in [0.25, 0.3) is 0 Å². The fourth-order valence-corrected chi connectivity index (χ4v) is 4.57. The third kappa shape index (κ3) is 5.22. The van der Waals surface area contributed by atoms with Gasteiger partial charge in [-0.05, 0) is 19.8 Å². The van der Waals surface area contributed by atoms with Crippen LogP contribution in [0.3, 0.4) is 0 Å². The van der Waals surface area contributed by atoms with Crippen LogP contribution in [0.15, 0.2) is 6.20 Å². The Bertz CT molecular complexity index is 480. The second kappa shape index (κ2) is 8.03. The third-order valence-corrected chi connectivity index (χ3v) is 5.91. The van der Waals surface area contributed by atoms with Crippen molar-refractivity contribution in [1.82, 2.24) is 15.2 Å². The summed E-state index contributed by atoms with van der Waals surface area (Å²) in [5.41, 5.74) is -0.712. The maximum atomic E-state index is 10.6. The number of hydrogen-bond acceptors (Lipinski definition) is 6. The molecular formula is C17H29N3O2S. The van der Waals surface area contributed by atoms with Crippen molar-refractivity contribution < 1.29 is 9.84 Å². The number of ether oxygens (including phenoxy) is 1. The zero-order valence-corrected chi connectivity index (χ0v) is 14.9. The molecule has 6 heteroatoms. The summed E-state index contributed by atoms with van der Waals surface area (Å²) in [5.74, 6) is 0.693. The first kappa shape index (κ1) is 17.3. The number of morpholine rings is 1. The van der Waals surface area contributed by atoms with Crippen molar-refractivity contribution in [2.75, 3.05) is 39.4 Å². The van der Waals surface area contributed by atoms with Gasteiger partial charge < -0.3 is 15.2 Å². The minimum Gasteiger partial charge on any atom is -0.388 e. The van der Waals surface area contributed by atoms with E-state index in [-0.39, 0.29) is 0 Å². The smallest absolute Gasteiger partial charge is 0.0959 e. The zero-order chi connectivity index (χ0) is 16.1. The van der Waals surface area contributed by atoms with Crippen molar-refractivity contribution >= 4 is 11.3 Å². The van der Waals surface area contributed by atoms with Crippen molar-refractivity contribution in [1.29, 1.82) is 0 Å². The predicted molar refractivity (Wildman–Crippen MR) is 92.9 cm³/mol. The number of β-amino-alcohol motifs (C(OH)–C–C–N with tert-alkyl or cyclic N) is 1. The summed E-state index contributed by atoms with van der Waals surface area (Å²) in [6, 6.07) is 0. The quantitative estimate of drug-likeness (QED) is 0.795. The molecule has 1 unspecified atom stereocenters. The lowest BCUT2D eigenvalue weighted by Gasteiger charge is -2.33. The Hall–Kier alpha value is -0.530. The van der Waals surface area contributed by atoms with E-state index in [0.717, 1.165) is 32.8 Å². The molecule has 2 aliphatic rings. The van der Waals surface area contributed by atoms with Gasteiger partial charge in [-0.2, -0.15) is 0 Å². The first-order chi connectivity index (χ1) is 11.1. The lowest BCUT2D eigenvalue weighted by atomic mass is 10.1. The highest BCUT2D eigenvalue weighted by Gasteiger charge is 2.25. The first-order valence-electron chi connectivity index (χ1n) is 8.80. The second-order valence-corrected chi connectivity index (χ2v) is 8.28. The molecule has 0 bridgehead atoms. The Balaban J connectivity index is 1.41. The summed E-state index contributed by atoms with van der Waals surface area (Å²) in [7, 11) is 0. The third-order valence-electron chi connectivity index (χ3n) is 4.75. The average molecular weight is 340 g/mol. The molecule has 1 saturated carbocycles. The Morgan fingerprint density at radius 2 is 2.13 bits per heavy atom. The minimum atomic E-state index is -0.712. The highest BCUT2D eigenvalue weighted by molar-refractivity contribution is 7.11. The largest absolute Gasteiger partial charge is 0.388 e. The molecule has 1 aliphatic carbocycles. The normalized spacial score (nSPS) is 23.2. The molecule has 1 aromatic rings. The predicted octanol–water partition coefficient (Wildman–Crippen LogP) is 1.97. The molecular weight excluding hydrogens is 310 g/mol. The first-order valence-corrected chi connectivity index (χ1v) is 9.62. The summed E-state index contributed by atoms with van der Waals surface area (Å²) < 4.78 is 5.35. The van der Waals surface area contributed by atoms with Crippen LogP contribution in [0.2, 0.25) is 0 Å². The Labute approximate surface area is 143 Å². The van der Waals surface area contributed by atoms with Crippen LogP contribution < -0.4 is 5.32 Å².